The van der Waals surface area contributed by atoms with Crippen molar-refractivity contribution in [2.24, 2.45) is 0 Å². The van der Waals surface area contributed by atoms with Crippen LogP contribution in [0, 0.1) is 0 Å². The molecule has 0 saturated heterocycles. The van der Waals surface area contributed by atoms with E-state index < -0.39 is 0 Å². The Labute approximate surface area is 129 Å². The summed E-state index contributed by atoms with van der Waals surface area (Å²) in [6.45, 7) is 0. The first-order valence-corrected chi connectivity index (χ1v) is 7.26. The Morgan fingerprint density at radius 2 is 1.00 bits per heavy atom. The van der Waals surface area contributed by atoms with Crippen LogP contribution >= 0.6 is 0 Å². The van der Waals surface area contributed by atoms with Gasteiger partial charge in [-0.3, -0.25) is 9.97 Å². The highest BCUT2D eigenvalue weighted by Crippen LogP contribution is 2.34. The maximum absolute atomic E-state index is 4.24. The smallest absolute Gasteiger partial charge is 0.0346 e. The average Bonchev–Trinajstić information content (AvgIpc) is 2.62. The lowest BCUT2D eigenvalue weighted by Crippen LogP contribution is -1.86. The second-order valence-electron chi connectivity index (χ2n) is 5.19. The van der Waals surface area contributed by atoms with Gasteiger partial charge in [0.15, 0.2) is 0 Å². The van der Waals surface area contributed by atoms with Crippen molar-refractivity contribution < 1.29 is 0 Å². The minimum absolute atomic E-state index is 1.14. The van der Waals surface area contributed by atoms with E-state index in [9.17, 15) is 0 Å². The highest BCUT2D eigenvalue weighted by atomic mass is 14.6. The number of aromatic nitrogens is 2. The molecule has 0 fully saturated rings. The van der Waals surface area contributed by atoms with Crippen molar-refractivity contribution in [2.45, 2.75) is 0 Å². The van der Waals surface area contributed by atoms with Gasteiger partial charge in [0.1, 0.15) is 0 Å². The summed E-state index contributed by atoms with van der Waals surface area (Å²) < 4.78 is 0. The third-order valence-electron chi connectivity index (χ3n) is 3.87. The van der Waals surface area contributed by atoms with E-state index in [-0.39, 0.29) is 0 Å². The molecule has 0 amide bonds. The van der Waals surface area contributed by atoms with E-state index >= 15 is 0 Å². The van der Waals surface area contributed by atoms with Crippen molar-refractivity contribution in [3.8, 4) is 22.3 Å². The zero-order valence-corrected chi connectivity index (χ0v) is 12.0. The standard InChI is InChI=1S/C20H14N2/c1-7-17(15-5-3-11-21-13-15)20-10-2-8-18(19(20)9-1)16-6-4-12-22-14-16/h1-14H. The quantitative estimate of drug-likeness (QED) is 0.519. The summed E-state index contributed by atoms with van der Waals surface area (Å²) in [5.41, 5.74) is 4.68. The second kappa shape index (κ2) is 5.41. The van der Waals surface area contributed by atoms with Crippen molar-refractivity contribution in [3.63, 3.8) is 0 Å². The Bertz CT molecular complexity index is 837. The number of benzene rings is 2. The van der Waals surface area contributed by atoms with Gasteiger partial charge in [0.25, 0.3) is 0 Å². The molecule has 104 valence electrons. The van der Waals surface area contributed by atoms with Crippen molar-refractivity contribution in [1.29, 1.82) is 0 Å². The Kier molecular flexibility index (Phi) is 3.13. The lowest BCUT2D eigenvalue weighted by molar-refractivity contribution is 1.33. The van der Waals surface area contributed by atoms with E-state index in [1.165, 1.54) is 21.9 Å². The van der Waals surface area contributed by atoms with Crippen LogP contribution in [0.3, 0.4) is 0 Å². The monoisotopic (exact) mass is 282 g/mol. The van der Waals surface area contributed by atoms with Crippen LogP contribution in [-0.4, -0.2) is 9.97 Å². The number of nitrogens with zero attached hydrogens (tertiary/aromatic N) is 2. The normalized spacial score (nSPS) is 10.7. The van der Waals surface area contributed by atoms with Gasteiger partial charge in [-0.1, -0.05) is 48.5 Å². The lowest BCUT2D eigenvalue weighted by atomic mass is 9.94. The zero-order valence-electron chi connectivity index (χ0n) is 12.0. The Morgan fingerprint density at radius 1 is 0.500 bits per heavy atom. The first-order valence-electron chi connectivity index (χ1n) is 7.26. The van der Waals surface area contributed by atoms with Crippen molar-refractivity contribution in [3.05, 3.63) is 85.5 Å². The average molecular weight is 282 g/mol. The topological polar surface area (TPSA) is 25.8 Å². The molecular weight excluding hydrogens is 268 g/mol. The fourth-order valence-corrected chi connectivity index (χ4v) is 2.86. The Morgan fingerprint density at radius 3 is 1.41 bits per heavy atom. The molecule has 22 heavy (non-hydrogen) atoms. The van der Waals surface area contributed by atoms with Crippen molar-refractivity contribution >= 4 is 10.8 Å². The molecule has 2 heteroatoms. The van der Waals surface area contributed by atoms with Crippen molar-refractivity contribution in [1.82, 2.24) is 9.97 Å². The van der Waals surface area contributed by atoms with Crippen LogP contribution in [0.25, 0.3) is 33.0 Å². The molecule has 2 aromatic carbocycles. The van der Waals surface area contributed by atoms with E-state index in [2.05, 4.69) is 58.5 Å². The first-order chi connectivity index (χ1) is 10.9. The summed E-state index contributed by atoms with van der Waals surface area (Å²) in [5, 5.41) is 2.47. The van der Waals surface area contributed by atoms with Crippen LogP contribution in [0.4, 0.5) is 0 Å². The minimum Gasteiger partial charge on any atom is -0.264 e. The Balaban J connectivity index is 2.00. The number of hydrogen-bond acceptors (Lipinski definition) is 2. The molecule has 0 atom stereocenters. The van der Waals surface area contributed by atoms with Crippen LogP contribution in [0.15, 0.2) is 85.5 Å². The Hall–Kier alpha value is -3.00. The van der Waals surface area contributed by atoms with E-state index in [4.69, 9.17) is 0 Å². The first kappa shape index (κ1) is 12.7. The summed E-state index contributed by atoms with van der Waals surface area (Å²) in [5.74, 6) is 0. The summed E-state index contributed by atoms with van der Waals surface area (Å²) >= 11 is 0. The van der Waals surface area contributed by atoms with Crippen LogP contribution < -0.4 is 0 Å². The van der Waals surface area contributed by atoms with Gasteiger partial charge in [-0.2, -0.15) is 0 Å². The third kappa shape index (κ3) is 2.15. The van der Waals surface area contributed by atoms with Gasteiger partial charge in [-0.05, 0) is 34.0 Å². The number of hydrogen-bond donors (Lipinski definition) is 0. The van der Waals surface area contributed by atoms with Gasteiger partial charge in [0, 0.05) is 35.9 Å². The summed E-state index contributed by atoms with van der Waals surface area (Å²) in [6.07, 6.45) is 7.42. The predicted molar refractivity (Wildman–Crippen MR) is 90.4 cm³/mol. The van der Waals surface area contributed by atoms with E-state index in [1.807, 2.05) is 24.5 Å². The number of fused-ring (bicyclic) bond motifs is 1. The number of pyridine rings is 2. The van der Waals surface area contributed by atoms with E-state index in [0.29, 0.717) is 0 Å². The van der Waals surface area contributed by atoms with Crippen LogP contribution in [0.1, 0.15) is 0 Å². The largest absolute Gasteiger partial charge is 0.264 e. The molecule has 0 aliphatic rings. The molecule has 2 heterocycles. The third-order valence-corrected chi connectivity index (χ3v) is 3.87. The molecule has 4 rings (SSSR count). The SMILES string of the molecule is c1cncc(-c2cccc3c(-c4cccnc4)cccc23)c1. The second-order valence-corrected chi connectivity index (χ2v) is 5.19. The minimum atomic E-state index is 1.14. The molecule has 0 saturated carbocycles. The van der Waals surface area contributed by atoms with Crippen LogP contribution in [0.2, 0.25) is 0 Å². The van der Waals surface area contributed by atoms with Gasteiger partial charge in [0.2, 0.25) is 0 Å². The van der Waals surface area contributed by atoms with Gasteiger partial charge in [-0.15, -0.1) is 0 Å². The fourth-order valence-electron chi connectivity index (χ4n) is 2.86. The van der Waals surface area contributed by atoms with Gasteiger partial charge >= 0.3 is 0 Å². The molecule has 2 aromatic heterocycles. The van der Waals surface area contributed by atoms with E-state index in [1.54, 1.807) is 12.4 Å². The molecule has 0 unspecified atom stereocenters. The van der Waals surface area contributed by atoms with Crippen molar-refractivity contribution in [2.75, 3.05) is 0 Å². The van der Waals surface area contributed by atoms with Gasteiger partial charge in [-0.25, -0.2) is 0 Å². The molecule has 0 aliphatic carbocycles. The maximum Gasteiger partial charge on any atom is 0.0346 e. The zero-order chi connectivity index (χ0) is 14.8. The van der Waals surface area contributed by atoms with Crippen LogP contribution in [-0.2, 0) is 0 Å². The predicted octanol–water partition coefficient (Wildman–Crippen LogP) is 4.96. The maximum atomic E-state index is 4.24. The summed E-state index contributed by atoms with van der Waals surface area (Å²) in [4.78, 5) is 8.48. The lowest BCUT2D eigenvalue weighted by Gasteiger charge is -2.10. The number of rotatable bonds is 2. The molecule has 4 aromatic rings. The highest BCUT2D eigenvalue weighted by Gasteiger charge is 2.08. The molecule has 2 nitrogen and oxygen atoms in total. The molecule has 0 spiro atoms. The van der Waals surface area contributed by atoms with Gasteiger partial charge in [0.05, 0.1) is 0 Å². The van der Waals surface area contributed by atoms with E-state index in [0.717, 1.165) is 11.1 Å². The molecule has 0 N–H and O–H groups in total. The van der Waals surface area contributed by atoms with Gasteiger partial charge < -0.3 is 0 Å². The summed E-state index contributed by atoms with van der Waals surface area (Å²) in [7, 11) is 0. The molecule has 0 bridgehead atoms. The summed E-state index contributed by atoms with van der Waals surface area (Å²) in [6, 6.07) is 21.0. The molecular formula is C20H14N2. The fraction of sp³-hybridized carbons (Fsp3) is 0. The molecule has 0 aliphatic heterocycles. The van der Waals surface area contributed by atoms with Crippen LogP contribution in [0.5, 0.6) is 0 Å². The molecule has 0 radical (unpaired) electrons. The highest BCUT2D eigenvalue weighted by molar-refractivity contribution is 6.04.